The van der Waals surface area contributed by atoms with E-state index in [2.05, 4.69) is 46.9 Å². The number of phenols is 1. The molecule has 1 amide bonds. The fourth-order valence-corrected chi connectivity index (χ4v) is 3.09. The zero-order valence-electron chi connectivity index (χ0n) is 13.4. The van der Waals surface area contributed by atoms with Crippen LogP contribution < -0.4 is 5.32 Å². The third-order valence-corrected chi connectivity index (χ3v) is 4.37. The molecule has 0 spiro atoms. The van der Waals surface area contributed by atoms with Crippen LogP contribution in [0.15, 0.2) is 40.7 Å². The van der Waals surface area contributed by atoms with Gasteiger partial charge in [-0.1, -0.05) is 11.6 Å². The molecule has 6 heteroatoms. The molecule has 0 fully saturated rings. The molecule has 1 aromatic rings. The molecule has 4 nitrogen and oxygen atoms in total. The number of hydrogen-bond donors (Lipinski definition) is 2. The monoisotopic (exact) mass is 398 g/mol. The van der Waals surface area contributed by atoms with Gasteiger partial charge in [0, 0.05) is 34.6 Å². The Kier molecular flexibility index (Phi) is 5.42. The number of phenolic OH excluding ortho intramolecular Hbond substituents is 1. The summed E-state index contributed by atoms with van der Waals surface area (Å²) in [5, 5.41) is 13.3. The predicted octanol–water partition coefficient (Wildman–Crippen LogP) is 3.98. The number of halogens is 2. The van der Waals surface area contributed by atoms with Gasteiger partial charge in [-0.15, -0.1) is 0 Å². The molecule has 0 saturated carbocycles. The Hall–Kier alpha value is -1.46. The van der Waals surface area contributed by atoms with Gasteiger partial charge in [-0.05, 0) is 61.0 Å². The minimum Gasteiger partial charge on any atom is -0.506 e. The third kappa shape index (κ3) is 4.75. The summed E-state index contributed by atoms with van der Waals surface area (Å²) in [6, 6.07) is 3.18. The average molecular weight is 400 g/mol. The van der Waals surface area contributed by atoms with Crippen molar-refractivity contribution in [3.05, 3.63) is 51.2 Å². The highest BCUT2D eigenvalue weighted by molar-refractivity contribution is 9.10. The minimum absolute atomic E-state index is 0.0385. The molecular formula is C17H20BrClN2O2. The van der Waals surface area contributed by atoms with Gasteiger partial charge in [-0.3, -0.25) is 4.79 Å². The summed E-state index contributed by atoms with van der Waals surface area (Å²) in [5.41, 5.74) is 1.29. The van der Waals surface area contributed by atoms with Gasteiger partial charge in [0.1, 0.15) is 5.75 Å². The number of allylic oxidation sites excluding steroid dienone is 1. The van der Waals surface area contributed by atoms with E-state index in [4.69, 9.17) is 11.6 Å². The van der Waals surface area contributed by atoms with E-state index in [-0.39, 0.29) is 23.6 Å². The molecule has 124 valence electrons. The van der Waals surface area contributed by atoms with Gasteiger partial charge < -0.3 is 15.3 Å². The number of benzene rings is 1. The van der Waals surface area contributed by atoms with Crippen molar-refractivity contribution in [3.63, 3.8) is 0 Å². The molecule has 1 aliphatic heterocycles. The van der Waals surface area contributed by atoms with E-state index in [1.54, 1.807) is 12.1 Å². The lowest BCUT2D eigenvalue weighted by Gasteiger charge is -2.35. The second-order valence-corrected chi connectivity index (χ2v) is 7.71. The lowest BCUT2D eigenvalue weighted by atomic mass is 10.1. The van der Waals surface area contributed by atoms with Crippen molar-refractivity contribution in [2.24, 2.45) is 0 Å². The largest absolute Gasteiger partial charge is 0.506 e. The van der Waals surface area contributed by atoms with E-state index >= 15 is 0 Å². The second-order valence-electron chi connectivity index (χ2n) is 6.42. The number of nitrogens with one attached hydrogen (secondary N) is 1. The molecule has 2 rings (SSSR count). The first-order valence-electron chi connectivity index (χ1n) is 7.28. The van der Waals surface area contributed by atoms with Crippen molar-refractivity contribution >= 4 is 33.4 Å². The van der Waals surface area contributed by atoms with Crippen molar-refractivity contribution in [2.75, 3.05) is 6.54 Å². The fraction of sp³-hybridized carbons (Fsp3) is 0.353. The molecule has 0 aromatic heterocycles. The van der Waals surface area contributed by atoms with Gasteiger partial charge in [0.05, 0.1) is 10.9 Å². The maximum Gasteiger partial charge on any atom is 0.228 e. The lowest BCUT2D eigenvalue weighted by molar-refractivity contribution is -0.119. The first-order valence-corrected chi connectivity index (χ1v) is 8.46. The predicted molar refractivity (Wildman–Crippen MR) is 96.3 cm³/mol. The van der Waals surface area contributed by atoms with Crippen LogP contribution in [0.25, 0.3) is 0 Å². The van der Waals surface area contributed by atoms with Gasteiger partial charge in [-0.25, -0.2) is 0 Å². The molecule has 23 heavy (non-hydrogen) atoms. The van der Waals surface area contributed by atoms with Gasteiger partial charge in [0.25, 0.3) is 0 Å². The standard InChI is InChI=1S/C17H20BrClN2O2/c1-17(2,3)21-6-4-13(5-7-21)20-15(22)9-11-8-12(19)10-14(18)16(11)23/h4-6,8,10,23H,7,9H2,1-3H3,(H,20,22). The number of hydrogen-bond acceptors (Lipinski definition) is 3. The number of carbonyl (C=O) groups is 1. The smallest absolute Gasteiger partial charge is 0.228 e. The molecule has 0 aliphatic carbocycles. The van der Waals surface area contributed by atoms with Crippen LogP contribution in [0.2, 0.25) is 5.02 Å². The summed E-state index contributed by atoms with van der Waals surface area (Å²) in [4.78, 5) is 14.3. The molecule has 1 aromatic carbocycles. The van der Waals surface area contributed by atoms with E-state index in [1.165, 1.54) is 0 Å². The Morgan fingerprint density at radius 2 is 2.13 bits per heavy atom. The van der Waals surface area contributed by atoms with Crippen LogP contribution in [0.3, 0.4) is 0 Å². The summed E-state index contributed by atoms with van der Waals surface area (Å²) < 4.78 is 0.477. The first-order chi connectivity index (χ1) is 10.7. The van der Waals surface area contributed by atoms with E-state index in [9.17, 15) is 9.90 Å². The van der Waals surface area contributed by atoms with E-state index in [0.29, 0.717) is 15.1 Å². The summed E-state index contributed by atoms with van der Waals surface area (Å²) in [7, 11) is 0. The molecule has 0 unspecified atom stereocenters. The normalized spacial score (nSPS) is 14.7. The van der Waals surface area contributed by atoms with Crippen molar-refractivity contribution in [3.8, 4) is 5.75 Å². The van der Waals surface area contributed by atoms with E-state index in [1.807, 2.05) is 18.4 Å². The number of nitrogens with zero attached hydrogens (tertiary/aromatic N) is 1. The van der Waals surface area contributed by atoms with Gasteiger partial charge in [0.15, 0.2) is 0 Å². The van der Waals surface area contributed by atoms with Crippen molar-refractivity contribution in [2.45, 2.75) is 32.7 Å². The highest BCUT2D eigenvalue weighted by Crippen LogP contribution is 2.31. The first kappa shape index (κ1) is 17.9. The SMILES string of the molecule is CC(C)(C)N1C=CC(NC(=O)Cc2cc(Cl)cc(Br)c2O)=CC1. The summed E-state index contributed by atoms with van der Waals surface area (Å²) in [5.74, 6) is -0.161. The number of aromatic hydroxyl groups is 1. The third-order valence-electron chi connectivity index (χ3n) is 3.55. The summed E-state index contributed by atoms with van der Waals surface area (Å²) in [6.07, 6.45) is 5.87. The highest BCUT2D eigenvalue weighted by Gasteiger charge is 2.19. The zero-order chi connectivity index (χ0) is 17.2. The second kappa shape index (κ2) is 6.97. The summed E-state index contributed by atoms with van der Waals surface area (Å²) in [6.45, 7) is 7.14. The van der Waals surface area contributed by atoms with Crippen LogP contribution in [0, 0.1) is 0 Å². The van der Waals surface area contributed by atoms with Crippen molar-refractivity contribution in [1.82, 2.24) is 10.2 Å². The Morgan fingerprint density at radius 1 is 1.43 bits per heavy atom. The quantitative estimate of drug-likeness (QED) is 0.808. The topological polar surface area (TPSA) is 52.6 Å². The Bertz CT molecular complexity index is 678. The zero-order valence-corrected chi connectivity index (χ0v) is 15.7. The van der Waals surface area contributed by atoms with Crippen molar-refractivity contribution < 1.29 is 9.90 Å². The maximum atomic E-state index is 12.2. The minimum atomic E-state index is -0.199. The van der Waals surface area contributed by atoms with Gasteiger partial charge >= 0.3 is 0 Å². The molecular weight excluding hydrogens is 380 g/mol. The van der Waals surface area contributed by atoms with Crippen LogP contribution in [0.4, 0.5) is 0 Å². The number of rotatable bonds is 3. The Balaban J connectivity index is 1.99. The molecule has 1 heterocycles. The van der Waals surface area contributed by atoms with Crippen molar-refractivity contribution in [1.29, 1.82) is 0 Å². The molecule has 0 atom stereocenters. The molecule has 1 aliphatic rings. The lowest BCUT2D eigenvalue weighted by Crippen LogP contribution is -2.39. The average Bonchev–Trinajstić information content (AvgIpc) is 2.43. The Labute approximate surface area is 149 Å². The number of carbonyl (C=O) groups excluding carboxylic acids is 1. The fourth-order valence-electron chi connectivity index (χ4n) is 2.22. The molecule has 2 N–H and O–H groups in total. The summed E-state index contributed by atoms with van der Waals surface area (Å²) >= 11 is 9.17. The Morgan fingerprint density at radius 3 is 2.70 bits per heavy atom. The number of amides is 1. The van der Waals surface area contributed by atoms with Crippen LogP contribution in [0.5, 0.6) is 5.75 Å². The van der Waals surface area contributed by atoms with Gasteiger partial charge in [0.2, 0.25) is 5.91 Å². The van der Waals surface area contributed by atoms with Gasteiger partial charge in [-0.2, -0.15) is 0 Å². The molecule has 0 bridgehead atoms. The molecule has 0 saturated heterocycles. The van der Waals surface area contributed by atoms with Crippen LogP contribution in [-0.2, 0) is 11.2 Å². The van der Waals surface area contributed by atoms with Crippen LogP contribution in [0.1, 0.15) is 26.3 Å². The molecule has 0 radical (unpaired) electrons. The van der Waals surface area contributed by atoms with Crippen LogP contribution in [-0.4, -0.2) is 28.0 Å². The maximum absolute atomic E-state index is 12.2. The highest BCUT2D eigenvalue weighted by atomic mass is 79.9. The van der Waals surface area contributed by atoms with Crippen LogP contribution >= 0.6 is 27.5 Å². The van der Waals surface area contributed by atoms with E-state index < -0.39 is 0 Å². The van der Waals surface area contributed by atoms with E-state index in [0.717, 1.165) is 12.2 Å².